The van der Waals surface area contributed by atoms with Gasteiger partial charge in [-0.25, -0.2) is 0 Å². The molecule has 0 aromatic carbocycles. The van der Waals surface area contributed by atoms with Gasteiger partial charge in [-0.1, -0.05) is 6.92 Å². The van der Waals surface area contributed by atoms with Crippen molar-refractivity contribution < 1.29 is 9.53 Å². The first-order valence-corrected chi connectivity index (χ1v) is 6.29. The van der Waals surface area contributed by atoms with Gasteiger partial charge in [-0.15, -0.1) is 24.8 Å². The molecule has 1 amide bonds. The van der Waals surface area contributed by atoms with E-state index >= 15 is 0 Å². The minimum Gasteiger partial charge on any atom is -0.373 e. The van der Waals surface area contributed by atoms with Crippen molar-refractivity contribution in [2.45, 2.75) is 26.4 Å². The Bertz CT molecular complexity index is 265. The molecule has 1 aliphatic rings. The third kappa shape index (κ3) is 7.95. The zero-order chi connectivity index (χ0) is 12.9. The van der Waals surface area contributed by atoms with Crippen LogP contribution in [0.25, 0.3) is 0 Å². The van der Waals surface area contributed by atoms with Gasteiger partial charge in [0, 0.05) is 38.6 Å². The maximum atomic E-state index is 11.5. The first-order valence-electron chi connectivity index (χ1n) is 6.29. The summed E-state index contributed by atoms with van der Waals surface area (Å²) in [6.45, 7) is 10.6. The van der Waals surface area contributed by atoms with Gasteiger partial charge in [0.25, 0.3) is 0 Å². The predicted octanol–water partition coefficient (Wildman–Crippen LogP) is 0.652. The van der Waals surface area contributed by atoms with E-state index in [2.05, 4.69) is 24.1 Å². The molecule has 1 fully saturated rings. The molecule has 1 saturated heterocycles. The lowest BCUT2D eigenvalue weighted by molar-refractivity contribution is -0.124. The van der Waals surface area contributed by atoms with Crippen molar-refractivity contribution in [2.24, 2.45) is 11.7 Å². The number of morpholine rings is 1. The number of hydrogen-bond donors (Lipinski definition) is 2. The molecule has 0 spiro atoms. The Morgan fingerprint density at radius 1 is 1.47 bits per heavy atom. The van der Waals surface area contributed by atoms with Crippen LogP contribution in [0.4, 0.5) is 0 Å². The predicted molar refractivity (Wildman–Crippen MR) is 82.2 cm³/mol. The summed E-state index contributed by atoms with van der Waals surface area (Å²) in [5.74, 6) is -0.0591. The molecule has 1 aliphatic heterocycles. The highest BCUT2D eigenvalue weighted by Crippen LogP contribution is 2.15. The lowest BCUT2D eigenvalue weighted by atomic mass is 10.1. The van der Waals surface area contributed by atoms with Gasteiger partial charge in [-0.2, -0.15) is 0 Å². The smallest absolute Gasteiger partial charge is 0.224 e. The number of halogens is 2. The summed E-state index contributed by atoms with van der Waals surface area (Å²) in [5, 5.41) is 2.91. The highest BCUT2D eigenvalue weighted by Gasteiger charge is 2.26. The van der Waals surface area contributed by atoms with Gasteiger partial charge in [0.15, 0.2) is 0 Å². The fourth-order valence-electron chi connectivity index (χ4n) is 1.92. The second kappa shape index (κ2) is 9.77. The lowest BCUT2D eigenvalue weighted by Crippen LogP contribution is -2.50. The average Bonchev–Trinajstić information content (AvgIpc) is 2.26. The van der Waals surface area contributed by atoms with Crippen molar-refractivity contribution in [3.8, 4) is 0 Å². The fraction of sp³-hybridized carbons (Fsp3) is 0.917. The number of ether oxygens (including phenoxy) is 1. The molecular weight excluding hydrogens is 289 g/mol. The Morgan fingerprint density at radius 2 is 2.11 bits per heavy atom. The third-order valence-electron chi connectivity index (χ3n) is 3.03. The molecular formula is C12H27Cl2N3O2. The Balaban J connectivity index is 0. The monoisotopic (exact) mass is 315 g/mol. The van der Waals surface area contributed by atoms with E-state index in [0.717, 1.165) is 26.2 Å². The van der Waals surface area contributed by atoms with Gasteiger partial charge in [-0.05, 0) is 13.8 Å². The van der Waals surface area contributed by atoms with E-state index in [4.69, 9.17) is 10.5 Å². The zero-order valence-electron chi connectivity index (χ0n) is 12.0. The van der Waals surface area contributed by atoms with Gasteiger partial charge >= 0.3 is 0 Å². The Labute approximate surface area is 128 Å². The van der Waals surface area contributed by atoms with Gasteiger partial charge in [0.05, 0.1) is 12.2 Å². The van der Waals surface area contributed by atoms with Crippen LogP contribution in [0.3, 0.4) is 0 Å². The molecule has 1 unspecified atom stereocenters. The molecule has 3 N–H and O–H groups in total. The van der Waals surface area contributed by atoms with Crippen molar-refractivity contribution in [3.05, 3.63) is 0 Å². The highest BCUT2D eigenvalue weighted by atomic mass is 35.5. The van der Waals surface area contributed by atoms with Gasteiger partial charge in [-0.3, -0.25) is 9.69 Å². The molecule has 0 saturated carbocycles. The number of amides is 1. The van der Waals surface area contributed by atoms with Crippen LogP contribution >= 0.6 is 24.8 Å². The topological polar surface area (TPSA) is 67.6 Å². The van der Waals surface area contributed by atoms with Crippen LogP contribution in [0.5, 0.6) is 0 Å². The molecule has 0 radical (unpaired) electrons. The summed E-state index contributed by atoms with van der Waals surface area (Å²) >= 11 is 0. The summed E-state index contributed by atoms with van der Waals surface area (Å²) in [7, 11) is 0. The van der Waals surface area contributed by atoms with E-state index in [-0.39, 0.29) is 42.2 Å². The second-order valence-electron chi connectivity index (χ2n) is 5.31. The Morgan fingerprint density at radius 3 is 2.63 bits per heavy atom. The van der Waals surface area contributed by atoms with Crippen molar-refractivity contribution >= 4 is 30.7 Å². The average molecular weight is 316 g/mol. The minimum absolute atomic E-state index is 0. The van der Waals surface area contributed by atoms with E-state index in [0.29, 0.717) is 13.1 Å². The SMILES string of the molecule is CC(CN)C(=O)NCCN1CCOC(C)(C)C1.Cl.Cl. The summed E-state index contributed by atoms with van der Waals surface area (Å²) in [4.78, 5) is 13.8. The first-order chi connectivity index (χ1) is 7.94. The highest BCUT2D eigenvalue weighted by molar-refractivity contribution is 5.85. The number of hydrogen-bond acceptors (Lipinski definition) is 4. The standard InChI is InChI=1S/C12H25N3O2.2ClH/c1-10(8-13)11(16)14-4-5-15-6-7-17-12(2,3)9-15;;/h10H,4-9,13H2,1-3H3,(H,14,16);2*1H. The van der Waals surface area contributed by atoms with E-state index in [1.807, 2.05) is 6.92 Å². The Kier molecular flexibility index (Phi) is 10.9. The van der Waals surface area contributed by atoms with Crippen molar-refractivity contribution in [1.82, 2.24) is 10.2 Å². The molecule has 1 rings (SSSR count). The van der Waals surface area contributed by atoms with Crippen molar-refractivity contribution in [3.63, 3.8) is 0 Å². The number of carbonyl (C=O) groups is 1. The molecule has 19 heavy (non-hydrogen) atoms. The minimum atomic E-state index is -0.101. The summed E-state index contributed by atoms with van der Waals surface area (Å²) < 4.78 is 5.63. The molecule has 5 nitrogen and oxygen atoms in total. The molecule has 0 aromatic heterocycles. The summed E-state index contributed by atoms with van der Waals surface area (Å²) in [6.07, 6.45) is 0. The molecule has 1 atom stereocenters. The van der Waals surface area contributed by atoms with Crippen LogP contribution in [0, 0.1) is 5.92 Å². The number of nitrogens with one attached hydrogen (secondary N) is 1. The van der Waals surface area contributed by atoms with Gasteiger partial charge in [0.2, 0.25) is 5.91 Å². The zero-order valence-corrected chi connectivity index (χ0v) is 13.6. The Hall–Kier alpha value is -0.0700. The van der Waals surface area contributed by atoms with Gasteiger partial charge < -0.3 is 15.8 Å². The van der Waals surface area contributed by atoms with Crippen LogP contribution in [0.1, 0.15) is 20.8 Å². The number of carbonyl (C=O) groups excluding carboxylic acids is 1. The van der Waals surface area contributed by atoms with E-state index < -0.39 is 0 Å². The van der Waals surface area contributed by atoms with Crippen LogP contribution < -0.4 is 11.1 Å². The van der Waals surface area contributed by atoms with Crippen molar-refractivity contribution in [2.75, 3.05) is 39.3 Å². The maximum absolute atomic E-state index is 11.5. The maximum Gasteiger partial charge on any atom is 0.224 e. The first kappa shape index (κ1) is 21.2. The molecule has 1 heterocycles. The normalized spacial score (nSPS) is 19.8. The largest absolute Gasteiger partial charge is 0.373 e. The molecule has 0 aliphatic carbocycles. The molecule has 7 heteroatoms. The second-order valence-corrected chi connectivity index (χ2v) is 5.31. The third-order valence-corrected chi connectivity index (χ3v) is 3.03. The van der Waals surface area contributed by atoms with Gasteiger partial charge in [0.1, 0.15) is 0 Å². The van der Waals surface area contributed by atoms with Crippen LogP contribution in [0.15, 0.2) is 0 Å². The summed E-state index contributed by atoms with van der Waals surface area (Å²) in [5.41, 5.74) is 5.36. The number of nitrogens with zero attached hydrogens (tertiary/aromatic N) is 1. The van der Waals surface area contributed by atoms with E-state index in [9.17, 15) is 4.79 Å². The summed E-state index contributed by atoms with van der Waals surface area (Å²) in [6, 6.07) is 0. The molecule has 116 valence electrons. The molecule has 0 aromatic rings. The lowest BCUT2D eigenvalue weighted by Gasteiger charge is -2.38. The number of nitrogens with two attached hydrogens (primary N) is 1. The van der Waals surface area contributed by atoms with E-state index in [1.165, 1.54) is 0 Å². The van der Waals surface area contributed by atoms with Crippen LogP contribution in [-0.2, 0) is 9.53 Å². The number of rotatable bonds is 5. The van der Waals surface area contributed by atoms with Crippen LogP contribution in [0.2, 0.25) is 0 Å². The van der Waals surface area contributed by atoms with Crippen LogP contribution in [-0.4, -0.2) is 55.7 Å². The molecule has 0 bridgehead atoms. The fourth-order valence-corrected chi connectivity index (χ4v) is 1.92. The van der Waals surface area contributed by atoms with E-state index in [1.54, 1.807) is 0 Å². The van der Waals surface area contributed by atoms with Crippen molar-refractivity contribution in [1.29, 1.82) is 0 Å². The quantitative estimate of drug-likeness (QED) is 0.782.